The Morgan fingerprint density at radius 2 is 2.00 bits per heavy atom. The highest BCUT2D eigenvalue weighted by atomic mass is 19.1. The lowest BCUT2D eigenvalue weighted by Crippen LogP contribution is -2.14. The molecule has 1 aromatic carbocycles. The molecule has 1 saturated heterocycles. The van der Waals surface area contributed by atoms with Gasteiger partial charge >= 0.3 is 0 Å². The lowest BCUT2D eigenvalue weighted by molar-refractivity contribution is 0.587. The van der Waals surface area contributed by atoms with Gasteiger partial charge in [-0.3, -0.25) is 0 Å². The molecule has 0 saturated carbocycles. The van der Waals surface area contributed by atoms with E-state index in [1.165, 1.54) is 24.4 Å². The summed E-state index contributed by atoms with van der Waals surface area (Å²) in [6.45, 7) is 0.953. The third-order valence-electron chi connectivity index (χ3n) is 3.22. The summed E-state index contributed by atoms with van der Waals surface area (Å²) in [7, 11) is 0. The molecule has 3 nitrogen and oxygen atoms in total. The average molecular weight is 249 g/mol. The van der Waals surface area contributed by atoms with Gasteiger partial charge < -0.3 is 10.3 Å². The van der Waals surface area contributed by atoms with E-state index in [1.54, 1.807) is 0 Å². The van der Waals surface area contributed by atoms with E-state index in [1.807, 2.05) is 0 Å². The van der Waals surface area contributed by atoms with Gasteiger partial charge in [-0.2, -0.15) is 0 Å². The molecule has 18 heavy (non-hydrogen) atoms. The Bertz CT molecular complexity index is 539. The van der Waals surface area contributed by atoms with Crippen molar-refractivity contribution in [1.29, 1.82) is 0 Å². The van der Waals surface area contributed by atoms with Gasteiger partial charge in [0.25, 0.3) is 0 Å². The Morgan fingerprint density at radius 1 is 1.22 bits per heavy atom. The number of rotatable bonds is 2. The highest BCUT2D eigenvalue weighted by molar-refractivity contribution is 5.60. The van der Waals surface area contributed by atoms with Gasteiger partial charge in [0.05, 0.1) is 23.5 Å². The van der Waals surface area contributed by atoms with Crippen LogP contribution in [-0.4, -0.2) is 16.5 Å². The minimum atomic E-state index is -0.579. The Hall–Kier alpha value is -1.75. The van der Waals surface area contributed by atoms with Crippen molar-refractivity contribution in [3.8, 4) is 11.3 Å². The minimum Gasteiger partial charge on any atom is -0.341 e. The summed E-state index contributed by atoms with van der Waals surface area (Å²) >= 11 is 0. The quantitative estimate of drug-likeness (QED) is 0.859. The van der Waals surface area contributed by atoms with E-state index in [-0.39, 0.29) is 11.6 Å². The summed E-state index contributed by atoms with van der Waals surface area (Å²) in [4.78, 5) is 7.20. The molecule has 94 valence electrons. The third-order valence-corrected chi connectivity index (χ3v) is 3.22. The highest BCUT2D eigenvalue weighted by Crippen LogP contribution is 2.27. The second-order valence-electron chi connectivity index (χ2n) is 4.43. The topological polar surface area (TPSA) is 40.7 Å². The van der Waals surface area contributed by atoms with Crippen LogP contribution >= 0.6 is 0 Å². The molecule has 2 aromatic rings. The summed E-state index contributed by atoms with van der Waals surface area (Å²) in [5, 5.41) is 3.29. The molecule has 0 amide bonds. The van der Waals surface area contributed by atoms with Crippen molar-refractivity contribution in [3.63, 3.8) is 0 Å². The molecular formula is C13H13F2N3. The molecule has 2 heterocycles. The number of nitrogens with zero attached hydrogens (tertiary/aromatic N) is 1. The van der Waals surface area contributed by atoms with E-state index < -0.39 is 11.6 Å². The Balaban J connectivity index is 1.97. The molecule has 3 rings (SSSR count). The van der Waals surface area contributed by atoms with Crippen molar-refractivity contribution in [2.45, 2.75) is 18.9 Å². The maximum absolute atomic E-state index is 13.6. The molecule has 2 N–H and O–H groups in total. The predicted molar refractivity (Wildman–Crippen MR) is 63.9 cm³/mol. The van der Waals surface area contributed by atoms with Crippen molar-refractivity contribution in [2.75, 3.05) is 6.54 Å². The monoisotopic (exact) mass is 249 g/mol. The first kappa shape index (κ1) is 11.3. The van der Waals surface area contributed by atoms with Gasteiger partial charge in [0, 0.05) is 0 Å². The molecule has 0 spiro atoms. The predicted octanol–water partition coefficient (Wildman–Crippen LogP) is 2.78. The zero-order chi connectivity index (χ0) is 12.5. The maximum Gasteiger partial charge on any atom is 0.135 e. The van der Waals surface area contributed by atoms with E-state index >= 15 is 0 Å². The average Bonchev–Trinajstić information content (AvgIpc) is 2.99. The fraction of sp³-hybridized carbons (Fsp3) is 0.308. The standard InChI is InChI=1S/C13H13F2N3/c14-8-3-1-4-9(15)12(8)11-7-17-13(18-11)10-5-2-6-16-10/h1,3-4,7,10,16H,2,5-6H2,(H,17,18). The molecule has 1 fully saturated rings. The van der Waals surface area contributed by atoms with Gasteiger partial charge in [-0.25, -0.2) is 13.8 Å². The van der Waals surface area contributed by atoms with Crippen molar-refractivity contribution in [2.24, 2.45) is 0 Å². The van der Waals surface area contributed by atoms with E-state index in [2.05, 4.69) is 15.3 Å². The van der Waals surface area contributed by atoms with E-state index in [0.29, 0.717) is 5.69 Å². The van der Waals surface area contributed by atoms with Crippen LogP contribution in [0.5, 0.6) is 0 Å². The number of imidazole rings is 1. The molecule has 1 aliphatic heterocycles. The number of hydrogen-bond donors (Lipinski definition) is 2. The number of aromatic amines is 1. The Labute approximate surface area is 103 Å². The van der Waals surface area contributed by atoms with Crippen LogP contribution in [0.25, 0.3) is 11.3 Å². The maximum atomic E-state index is 13.6. The van der Waals surface area contributed by atoms with Crippen LogP contribution in [0.1, 0.15) is 24.7 Å². The summed E-state index contributed by atoms with van der Waals surface area (Å²) in [6, 6.07) is 4.00. The van der Waals surface area contributed by atoms with Crippen LogP contribution in [0.2, 0.25) is 0 Å². The summed E-state index contributed by atoms with van der Waals surface area (Å²) in [5.74, 6) is -0.417. The highest BCUT2D eigenvalue weighted by Gasteiger charge is 2.20. The molecule has 5 heteroatoms. The smallest absolute Gasteiger partial charge is 0.135 e. The fourth-order valence-corrected chi connectivity index (χ4v) is 2.31. The number of benzene rings is 1. The van der Waals surface area contributed by atoms with Gasteiger partial charge in [0.2, 0.25) is 0 Å². The molecule has 1 unspecified atom stereocenters. The van der Waals surface area contributed by atoms with Gasteiger partial charge in [0.15, 0.2) is 0 Å². The van der Waals surface area contributed by atoms with Crippen molar-refractivity contribution < 1.29 is 8.78 Å². The zero-order valence-electron chi connectivity index (χ0n) is 9.71. The third kappa shape index (κ3) is 1.90. The molecule has 0 bridgehead atoms. The second kappa shape index (κ2) is 4.49. The van der Waals surface area contributed by atoms with Crippen LogP contribution in [0.15, 0.2) is 24.4 Å². The largest absolute Gasteiger partial charge is 0.341 e. The lowest BCUT2D eigenvalue weighted by atomic mass is 10.1. The van der Waals surface area contributed by atoms with Crippen LogP contribution in [0, 0.1) is 11.6 Å². The first-order chi connectivity index (χ1) is 8.75. The molecule has 1 atom stereocenters. The first-order valence-electron chi connectivity index (χ1n) is 5.98. The summed E-state index contributed by atoms with van der Waals surface area (Å²) in [5.41, 5.74) is 0.337. The molecule has 1 aromatic heterocycles. The van der Waals surface area contributed by atoms with Crippen LogP contribution in [-0.2, 0) is 0 Å². The molecule has 0 radical (unpaired) electrons. The van der Waals surface area contributed by atoms with Crippen LogP contribution < -0.4 is 5.32 Å². The van der Waals surface area contributed by atoms with Gasteiger partial charge in [-0.15, -0.1) is 0 Å². The second-order valence-corrected chi connectivity index (χ2v) is 4.43. The molecule has 1 aliphatic rings. The minimum absolute atomic E-state index is 0.0470. The molecular weight excluding hydrogens is 236 g/mol. The SMILES string of the molecule is Fc1cccc(F)c1-c1cnc(C2CCCN2)[nH]1. The van der Waals surface area contributed by atoms with Gasteiger partial charge in [-0.05, 0) is 31.5 Å². The number of halogens is 2. The Morgan fingerprint density at radius 3 is 2.67 bits per heavy atom. The van der Waals surface area contributed by atoms with Crippen molar-refractivity contribution >= 4 is 0 Å². The number of hydrogen-bond acceptors (Lipinski definition) is 2. The van der Waals surface area contributed by atoms with E-state index in [9.17, 15) is 8.78 Å². The summed E-state index contributed by atoms with van der Waals surface area (Å²) in [6.07, 6.45) is 3.57. The van der Waals surface area contributed by atoms with Gasteiger partial charge in [0.1, 0.15) is 17.5 Å². The number of nitrogens with one attached hydrogen (secondary N) is 2. The first-order valence-corrected chi connectivity index (χ1v) is 5.98. The van der Waals surface area contributed by atoms with Crippen molar-refractivity contribution in [3.05, 3.63) is 41.9 Å². The van der Waals surface area contributed by atoms with E-state index in [0.717, 1.165) is 25.2 Å². The molecule has 0 aliphatic carbocycles. The summed E-state index contributed by atoms with van der Waals surface area (Å²) < 4.78 is 27.2. The normalized spacial score (nSPS) is 19.3. The van der Waals surface area contributed by atoms with Crippen LogP contribution in [0.3, 0.4) is 0 Å². The lowest BCUT2D eigenvalue weighted by Gasteiger charge is -2.06. The van der Waals surface area contributed by atoms with Gasteiger partial charge in [-0.1, -0.05) is 6.07 Å². The van der Waals surface area contributed by atoms with Crippen molar-refractivity contribution in [1.82, 2.24) is 15.3 Å². The zero-order valence-corrected chi connectivity index (χ0v) is 9.71. The van der Waals surface area contributed by atoms with E-state index in [4.69, 9.17) is 0 Å². The fourth-order valence-electron chi connectivity index (χ4n) is 2.31. The van der Waals surface area contributed by atoms with Crippen LogP contribution in [0.4, 0.5) is 8.78 Å². The number of H-pyrrole nitrogens is 1. The number of aromatic nitrogens is 2. The Kier molecular flexibility index (Phi) is 2.83.